The first-order valence-electron chi connectivity index (χ1n) is 8.85. The number of hydrogen-bond acceptors (Lipinski definition) is 6. The fourth-order valence-electron chi connectivity index (χ4n) is 3.29. The molecule has 0 amide bonds. The van der Waals surface area contributed by atoms with E-state index in [2.05, 4.69) is 38.8 Å². The molecule has 0 unspecified atom stereocenters. The molecule has 1 saturated heterocycles. The number of hydrogen-bond donors (Lipinski definition) is 1. The van der Waals surface area contributed by atoms with Crippen molar-refractivity contribution >= 4 is 11.5 Å². The molecule has 2 aromatic rings. The first-order chi connectivity index (χ1) is 13.0. The predicted molar refractivity (Wildman–Crippen MR) is 106 cm³/mol. The quantitative estimate of drug-likeness (QED) is 0.904. The van der Waals surface area contributed by atoms with E-state index in [1.807, 2.05) is 38.1 Å². The maximum Gasteiger partial charge on any atom is 0.131 e. The first kappa shape index (κ1) is 18.3. The molecule has 3 rings (SSSR count). The van der Waals surface area contributed by atoms with E-state index in [0.29, 0.717) is 11.1 Å². The lowest BCUT2D eigenvalue weighted by Gasteiger charge is -2.38. The minimum absolute atomic E-state index is 0.512. The van der Waals surface area contributed by atoms with Crippen molar-refractivity contribution < 1.29 is 0 Å². The number of benzene rings is 1. The summed E-state index contributed by atoms with van der Waals surface area (Å²) in [6.07, 6.45) is 0. The lowest BCUT2D eigenvalue weighted by molar-refractivity contribution is 0.325. The smallest absolute Gasteiger partial charge is 0.131 e. The third-order valence-corrected chi connectivity index (χ3v) is 4.57. The number of pyridine rings is 1. The number of rotatable bonds is 4. The van der Waals surface area contributed by atoms with Gasteiger partial charge in [0.25, 0.3) is 0 Å². The third-order valence-electron chi connectivity index (χ3n) is 4.57. The molecule has 6 heteroatoms. The highest BCUT2D eigenvalue weighted by Gasteiger charge is 2.19. The topological polar surface area (TPSA) is 79.0 Å². The molecule has 0 atom stereocenters. The van der Waals surface area contributed by atoms with Crippen LogP contribution in [-0.4, -0.2) is 36.1 Å². The maximum absolute atomic E-state index is 9.16. The number of nitriles is 2. The van der Waals surface area contributed by atoms with Crippen LogP contribution in [0.3, 0.4) is 0 Å². The fraction of sp³-hybridized carbons (Fsp3) is 0.286. The average molecular weight is 358 g/mol. The zero-order valence-electron chi connectivity index (χ0n) is 15.7. The zero-order chi connectivity index (χ0) is 19.4. The van der Waals surface area contributed by atoms with Gasteiger partial charge in [-0.25, -0.2) is 4.98 Å². The van der Waals surface area contributed by atoms with Gasteiger partial charge in [-0.15, -0.1) is 0 Å². The third kappa shape index (κ3) is 4.37. The van der Waals surface area contributed by atoms with E-state index in [1.165, 1.54) is 0 Å². The number of nitrogens with one attached hydrogen (secondary N) is 1. The summed E-state index contributed by atoms with van der Waals surface area (Å²) in [4.78, 5) is 8.88. The van der Waals surface area contributed by atoms with Crippen LogP contribution in [-0.2, 0) is 0 Å². The molecular weight excluding hydrogens is 336 g/mol. The van der Waals surface area contributed by atoms with Crippen LogP contribution in [0, 0.1) is 36.5 Å². The van der Waals surface area contributed by atoms with Crippen LogP contribution in [0.25, 0.3) is 0 Å². The molecule has 1 N–H and O–H groups in total. The van der Waals surface area contributed by atoms with Crippen molar-refractivity contribution in [2.45, 2.75) is 13.8 Å². The fourth-order valence-corrected chi connectivity index (χ4v) is 3.29. The Balaban J connectivity index is 1.64. The number of anilines is 2. The van der Waals surface area contributed by atoms with Gasteiger partial charge in [0.1, 0.15) is 5.82 Å². The van der Waals surface area contributed by atoms with Crippen molar-refractivity contribution in [3.8, 4) is 12.1 Å². The first-order valence-corrected chi connectivity index (χ1v) is 8.85. The average Bonchev–Trinajstić information content (AvgIpc) is 2.66. The Labute approximate surface area is 160 Å². The van der Waals surface area contributed by atoms with E-state index in [-0.39, 0.29) is 0 Å². The molecule has 6 nitrogen and oxygen atoms in total. The highest BCUT2D eigenvalue weighted by Crippen LogP contribution is 2.22. The minimum Gasteiger partial charge on any atom is -0.368 e. The molecule has 2 heterocycles. The Kier molecular flexibility index (Phi) is 5.28. The summed E-state index contributed by atoms with van der Waals surface area (Å²) < 4.78 is 0. The van der Waals surface area contributed by atoms with E-state index in [1.54, 1.807) is 6.07 Å². The van der Waals surface area contributed by atoms with Crippen molar-refractivity contribution in [1.29, 1.82) is 10.5 Å². The second-order valence-electron chi connectivity index (χ2n) is 6.71. The van der Waals surface area contributed by atoms with Gasteiger partial charge in [0.05, 0.1) is 29.1 Å². The Hall–Kier alpha value is -3.51. The number of aryl methyl sites for hydroxylation is 2. The summed E-state index contributed by atoms with van der Waals surface area (Å²) in [5.41, 5.74) is 4.07. The Morgan fingerprint density at radius 1 is 1.00 bits per heavy atom. The van der Waals surface area contributed by atoms with Gasteiger partial charge in [-0.3, -0.25) is 0 Å². The highest BCUT2D eigenvalue weighted by molar-refractivity contribution is 5.57. The van der Waals surface area contributed by atoms with E-state index >= 15 is 0 Å². The molecule has 1 aromatic heterocycles. The monoisotopic (exact) mass is 358 g/mol. The Bertz CT molecular complexity index is 890. The van der Waals surface area contributed by atoms with Crippen LogP contribution >= 0.6 is 0 Å². The molecule has 0 radical (unpaired) electrons. The van der Waals surface area contributed by atoms with Crippen LogP contribution in [0.5, 0.6) is 0 Å². The highest BCUT2D eigenvalue weighted by atomic mass is 15.3. The SMILES string of the molecule is C=C(Nc1cc(C)cc(C)n1)N1CCN(c2cc(C#N)cc(C#N)c2)CC1. The second-order valence-corrected chi connectivity index (χ2v) is 6.71. The van der Waals surface area contributed by atoms with Crippen LogP contribution in [0.4, 0.5) is 11.5 Å². The largest absolute Gasteiger partial charge is 0.368 e. The van der Waals surface area contributed by atoms with Gasteiger partial charge in [0, 0.05) is 37.6 Å². The van der Waals surface area contributed by atoms with Gasteiger partial charge in [-0.05, 0) is 49.7 Å². The van der Waals surface area contributed by atoms with Gasteiger partial charge in [-0.1, -0.05) is 6.58 Å². The standard InChI is InChI=1S/C21H22N6/c1-15-8-16(2)24-21(9-15)25-17(3)26-4-6-27(7-5-26)20-11-18(13-22)10-19(12-20)14-23/h8-12H,3-7H2,1-2H3,(H,24,25). The number of piperazine rings is 1. The maximum atomic E-state index is 9.16. The van der Waals surface area contributed by atoms with Gasteiger partial charge in [0.15, 0.2) is 0 Å². The van der Waals surface area contributed by atoms with Gasteiger partial charge >= 0.3 is 0 Å². The summed E-state index contributed by atoms with van der Waals surface area (Å²) >= 11 is 0. The van der Waals surface area contributed by atoms with Crippen LogP contribution in [0.15, 0.2) is 42.7 Å². The summed E-state index contributed by atoms with van der Waals surface area (Å²) in [5.74, 6) is 1.64. The predicted octanol–water partition coefficient (Wildman–Crippen LogP) is 3.15. The Morgan fingerprint density at radius 3 is 2.19 bits per heavy atom. The summed E-state index contributed by atoms with van der Waals surface area (Å²) in [6, 6.07) is 13.6. The molecule has 0 bridgehead atoms. The molecule has 27 heavy (non-hydrogen) atoms. The molecule has 1 aliphatic rings. The van der Waals surface area contributed by atoms with Crippen molar-refractivity contribution in [1.82, 2.24) is 9.88 Å². The molecule has 1 aliphatic heterocycles. The lowest BCUT2D eigenvalue weighted by atomic mass is 10.1. The van der Waals surface area contributed by atoms with Crippen molar-refractivity contribution in [3.05, 3.63) is 65.1 Å². The molecule has 1 fully saturated rings. The Morgan fingerprint density at radius 2 is 1.63 bits per heavy atom. The zero-order valence-corrected chi connectivity index (χ0v) is 15.7. The molecule has 0 aliphatic carbocycles. The van der Waals surface area contributed by atoms with Gasteiger partial charge in [-0.2, -0.15) is 10.5 Å². The number of nitrogens with zero attached hydrogens (tertiary/aromatic N) is 5. The molecule has 0 spiro atoms. The van der Waals surface area contributed by atoms with E-state index in [9.17, 15) is 0 Å². The summed E-state index contributed by atoms with van der Waals surface area (Å²) in [6.45, 7) is 11.4. The molecular formula is C21H22N6. The van der Waals surface area contributed by atoms with Crippen LogP contribution in [0.2, 0.25) is 0 Å². The summed E-state index contributed by atoms with van der Waals surface area (Å²) in [7, 11) is 0. The van der Waals surface area contributed by atoms with Crippen molar-refractivity contribution in [2.24, 2.45) is 0 Å². The van der Waals surface area contributed by atoms with Crippen molar-refractivity contribution in [2.75, 3.05) is 36.4 Å². The molecule has 1 aromatic carbocycles. The summed E-state index contributed by atoms with van der Waals surface area (Å²) in [5, 5.41) is 21.6. The van der Waals surface area contributed by atoms with E-state index in [0.717, 1.165) is 54.8 Å². The lowest BCUT2D eigenvalue weighted by Crippen LogP contribution is -2.46. The normalized spacial score (nSPS) is 13.6. The van der Waals surface area contributed by atoms with Crippen molar-refractivity contribution in [3.63, 3.8) is 0 Å². The van der Waals surface area contributed by atoms with Gasteiger partial charge < -0.3 is 15.1 Å². The van der Waals surface area contributed by atoms with Gasteiger partial charge in [0.2, 0.25) is 0 Å². The second kappa shape index (κ2) is 7.80. The molecule has 0 saturated carbocycles. The number of aromatic nitrogens is 1. The van der Waals surface area contributed by atoms with Crippen LogP contribution in [0.1, 0.15) is 22.4 Å². The van der Waals surface area contributed by atoms with Crippen LogP contribution < -0.4 is 10.2 Å². The van der Waals surface area contributed by atoms with E-state index < -0.39 is 0 Å². The molecule has 136 valence electrons. The minimum atomic E-state index is 0.512. The van der Waals surface area contributed by atoms with E-state index in [4.69, 9.17) is 10.5 Å².